The van der Waals surface area contributed by atoms with Crippen LogP contribution in [0.2, 0.25) is 0 Å². The molecule has 0 unspecified atom stereocenters. The van der Waals surface area contributed by atoms with Crippen molar-refractivity contribution in [3.63, 3.8) is 0 Å². The van der Waals surface area contributed by atoms with Gasteiger partial charge in [-0.3, -0.25) is 4.79 Å². The van der Waals surface area contributed by atoms with Crippen LogP contribution in [0.1, 0.15) is 31.2 Å². The van der Waals surface area contributed by atoms with Crippen molar-refractivity contribution in [3.05, 3.63) is 11.4 Å². The molecule has 0 saturated carbocycles. The van der Waals surface area contributed by atoms with Crippen molar-refractivity contribution in [3.8, 4) is 0 Å². The summed E-state index contributed by atoms with van der Waals surface area (Å²) in [6.07, 6.45) is -3.84. The number of carbonyl (C=O) groups excluding carboxylic acids is 1. The molecule has 0 atom stereocenters. The number of hydrogen-bond acceptors (Lipinski definition) is 3. The van der Waals surface area contributed by atoms with E-state index < -0.39 is 29.9 Å². The van der Waals surface area contributed by atoms with Gasteiger partial charge >= 0.3 is 6.18 Å². The average Bonchev–Trinajstić information content (AvgIpc) is 2.56. The van der Waals surface area contributed by atoms with E-state index in [4.69, 9.17) is 5.73 Å². The number of nitrogens with two attached hydrogens (primary N) is 1. The molecule has 96 valence electrons. The highest BCUT2D eigenvalue weighted by Crippen LogP contribution is 2.31. The third-order valence-electron chi connectivity index (χ3n) is 2.14. The van der Waals surface area contributed by atoms with Gasteiger partial charge in [0.15, 0.2) is 5.69 Å². The van der Waals surface area contributed by atoms with Crippen LogP contribution in [-0.4, -0.2) is 20.9 Å². The molecular formula is C9H13F3N4O. The first-order valence-electron chi connectivity index (χ1n) is 5.14. The molecule has 17 heavy (non-hydrogen) atoms. The van der Waals surface area contributed by atoms with E-state index in [9.17, 15) is 18.0 Å². The second-order valence-corrected chi connectivity index (χ2v) is 3.60. The van der Waals surface area contributed by atoms with E-state index in [0.29, 0.717) is 6.42 Å². The van der Waals surface area contributed by atoms with Crippen LogP contribution < -0.4 is 5.73 Å². The fourth-order valence-electron chi connectivity index (χ4n) is 1.41. The number of alkyl halides is 3. The topological polar surface area (TPSA) is 73.8 Å². The van der Waals surface area contributed by atoms with Crippen molar-refractivity contribution >= 4 is 5.91 Å². The summed E-state index contributed by atoms with van der Waals surface area (Å²) in [7, 11) is 0. The van der Waals surface area contributed by atoms with Crippen molar-refractivity contribution in [1.82, 2.24) is 15.0 Å². The van der Waals surface area contributed by atoms with Crippen LogP contribution in [0.3, 0.4) is 0 Å². The number of amides is 1. The van der Waals surface area contributed by atoms with Crippen LogP contribution in [0, 0.1) is 0 Å². The average molecular weight is 250 g/mol. The molecule has 1 amide bonds. The number of aromatic nitrogens is 3. The Labute approximate surface area is 95.8 Å². The molecule has 0 spiro atoms. The molecule has 0 aromatic carbocycles. The summed E-state index contributed by atoms with van der Waals surface area (Å²) in [6.45, 7) is 1.98. The lowest BCUT2D eigenvalue weighted by atomic mass is 10.2. The maximum Gasteiger partial charge on any atom is 0.434 e. The zero-order chi connectivity index (χ0) is 13.1. The Kier molecular flexibility index (Phi) is 4.08. The summed E-state index contributed by atoms with van der Waals surface area (Å²) in [6, 6.07) is 0. The number of rotatable bonds is 5. The molecule has 0 aliphatic rings. The largest absolute Gasteiger partial charge is 0.434 e. The van der Waals surface area contributed by atoms with Crippen LogP contribution in [0.4, 0.5) is 13.2 Å². The molecule has 0 bridgehead atoms. The minimum atomic E-state index is -4.58. The molecule has 0 saturated heterocycles. The first-order valence-corrected chi connectivity index (χ1v) is 5.14. The maximum atomic E-state index is 12.8. The van der Waals surface area contributed by atoms with Gasteiger partial charge in [-0.2, -0.15) is 13.2 Å². The zero-order valence-electron chi connectivity index (χ0n) is 9.29. The molecular weight excluding hydrogens is 237 g/mol. The van der Waals surface area contributed by atoms with Crippen molar-refractivity contribution in [2.24, 2.45) is 5.73 Å². The summed E-state index contributed by atoms with van der Waals surface area (Å²) >= 11 is 0. The lowest BCUT2D eigenvalue weighted by Gasteiger charge is -2.10. The number of nitrogens with zero attached hydrogens (tertiary/aromatic N) is 3. The minimum absolute atomic E-state index is 0.122. The number of aryl methyl sites for hydroxylation is 1. The molecule has 0 fully saturated rings. The van der Waals surface area contributed by atoms with Gasteiger partial charge in [0.2, 0.25) is 5.91 Å². The van der Waals surface area contributed by atoms with Gasteiger partial charge in [-0.05, 0) is 6.42 Å². The van der Waals surface area contributed by atoms with Crippen LogP contribution in [0.25, 0.3) is 0 Å². The summed E-state index contributed by atoms with van der Waals surface area (Å²) in [5.41, 5.74) is 3.47. The molecule has 8 heteroatoms. The monoisotopic (exact) mass is 250 g/mol. The Morgan fingerprint density at radius 2 is 2.12 bits per heavy atom. The van der Waals surface area contributed by atoms with Crippen molar-refractivity contribution in [2.75, 3.05) is 0 Å². The molecule has 2 N–H and O–H groups in total. The summed E-state index contributed by atoms with van der Waals surface area (Å²) in [5.74, 6) is -0.863. The Morgan fingerprint density at radius 1 is 1.47 bits per heavy atom. The highest BCUT2D eigenvalue weighted by Gasteiger charge is 2.39. The highest BCUT2D eigenvalue weighted by molar-refractivity contribution is 5.76. The van der Waals surface area contributed by atoms with E-state index in [1.165, 1.54) is 0 Å². The van der Waals surface area contributed by atoms with E-state index in [-0.39, 0.29) is 6.54 Å². The SMILES string of the molecule is CCCCn1nnc(CC(N)=O)c1C(F)(F)F. The van der Waals surface area contributed by atoms with Gasteiger partial charge in [0.1, 0.15) is 5.69 Å². The number of primary amides is 1. The van der Waals surface area contributed by atoms with Gasteiger partial charge in [-0.25, -0.2) is 4.68 Å². The van der Waals surface area contributed by atoms with Gasteiger partial charge in [-0.1, -0.05) is 18.6 Å². The summed E-state index contributed by atoms with van der Waals surface area (Å²) < 4.78 is 39.1. The van der Waals surface area contributed by atoms with Crippen molar-refractivity contribution in [2.45, 2.75) is 38.9 Å². The molecule has 5 nitrogen and oxygen atoms in total. The fourth-order valence-corrected chi connectivity index (χ4v) is 1.41. The maximum absolute atomic E-state index is 12.8. The third kappa shape index (κ3) is 3.43. The second-order valence-electron chi connectivity index (χ2n) is 3.60. The van der Waals surface area contributed by atoms with Gasteiger partial charge in [-0.15, -0.1) is 5.10 Å². The number of unbranched alkanes of at least 4 members (excludes halogenated alkanes) is 1. The van der Waals surface area contributed by atoms with Crippen molar-refractivity contribution < 1.29 is 18.0 Å². The van der Waals surface area contributed by atoms with E-state index in [1.807, 2.05) is 6.92 Å². The van der Waals surface area contributed by atoms with E-state index in [2.05, 4.69) is 10.3 Å². The summed E-state index contributed by atoms with van der Waals surface area (Å²) in [5, 5.41) is 6.78. The molecule has 1 aromatic rings. The van der Waals surface area contributed by atoms with Crippen LogP contribution >= 0.6 is 0 Å². The first-order chi connectivity index (χ1) is 7.86. The predicted octanol–water partition coefficient (Wildman–Crippen LogP) is 1.12. The second kappa shape index (κ2) is 5.15. The summed E-state index contributed by atoms with van der Waals surface area (Å²) in [4.78, 5) is 10.6. The predicted molar refractivity (Wildman–Crippen MR) is 52.8 cm³/mol. The van der Waals surface area contributed by atoms with E-state index >= 15 is 0 Å². The smallest absolute Gasteiger partial charge is 0.369 e. The lowest BCUT2D eigenvalue weighted by molar-refractivity contribution is -0.145. The minimum Gasteiger partial charge on any atom is -0.369 e. The zero-order valence-corrected chi connectivity index (χ0v) is 9.29. The van der Waals surface area contributed by atoms with Crippen LogP contribution in [0.5, 0.6) is 0 Å². The Bertz CT molecular complexity index is 399. The van der Waals surface area contributed by atoms with Crippen LogP contribution in [-0.2, 0) is 23.9 Å². The highest BCUT2D eigenvalue weighted by atomic mass is 19.4. The van der Waals surface area contributed by atoms with Gasteiger partial charge in [0, 0.05) is 6.54 Å². The quantitative estimate of drug-likeness (QED) is 0.851. The molecule has 0 aliphatic carbocycles. The lowest BCUT2D eigenvalue weighted by Crippen LogP contribution is -2.20. The Hall–Kier alpha value is -1.60. The van der Waals surface area contributed by atoms with Gasteiger partial charge in [0.25, 0.3) is 0 Å². The van der Waals surface area contributed by atoms with Crippen molar-refractivity contribution in [1.29, 1.82) is 0 Å². The third-order valence-corrected chi connectivity index (χ3v) is 2.14. The first kappa shape index (κ1) is 13.5. The van der Waals surface area contributed by atoms with Crippen LogP contribution in [0.15, 0.2) is 0 Å². The Morgan fingerprint density at radius 3 is 2.59 bits per heavy atom. The number of halogens is 3. The molecule has 1 rings (SSSR count). The molecule has 1 heterocycles. The molecule has 0 aliphatic heterocycles. The van der Waals surface area contributed by atoms with Gasteiger partial charge in [0.05, 0.1) is 6.42 Å². The normalized spacial score (nSPS) is 11.8. The molecule has 0 radical (unpaired) electrons. The number of hydrogen-bond donors (Lipinski definition) is 1. The van der Waals surface area contributed by atoms with Gasteiger partial charge < -0.3 is 5.73 Å². The number of carbonyl (C=O) groups is 1. The molecule has 1 aromatic heterocycles. The van der Waals surface area contributed by atoms with E-state index in [0.717, 1.165) is 11.1 Å². The standard InChI is InChI=1S/C9H13F3N4O/c1-2-3-4-16-8(9(10,11)12)6(14-15-16)5-7(13)17/h2-5H2,1H3,(H2,13,17). The Balaban J connectivity index is 3.06. The fraction of sp³-hybridized carbons (Fsp3) is 0.667. The van der Waals surface area contributed by atoms with E-state index in [1.54, 1.807) is 0 Å².